The van der Waals surface area contributed by atoms with Gasteiger partial charge in [0.05, 0.1) is 19.3 Å². The van der Waals surface area contributed by atoms with Crippen LogP contribution in [0.15, 0.2) is 78.9 Å². The summed E-state index contributed by atoms with van der Waals surface area (Å²) in [6.45, 7) is 2.32. The average molecular weight is 594 g/mol. The maximum atomic E-state index is 10.3. The number of aliphatic hydroxyl groups excluding tert-OH is 1. The molecule has 0 spiro atoms. The smallest absolute Gasteiger partial charge is 0.168 e. The summed E-state index contributed by atoms with van der Waals surface area (Å²) in [4.78, 5) is 2.64. The van der Waals surface area contributed by atoms with Gasteiger partial charge in [0.1, 0.15) is 0 Å². The molecule has 0 saturated heterocycles. The van der Waals surface area contributed by atoms with Gasteiger partial charge in [0.2, 0.25) is 0 Å². The Bertz CT molecular complexity index is 1840. The Balaban J connectivity index is 0.000000147. The summed E-state index contributed by atoms with van der Waals surface area (Å²) >= 11 is 6.56. The molecule has 3 atom stereocenters. The Kier molecular flexibility index (Phi) is 7.52. The molecule has 2 aliphatic heterocycles. The normalized spacial score (nSPS) is 20.8. The second-order valence-corrected chi connectivity index (χ2v) is 12.3. The van der Waals surface area contributed by atoms with Crippen molar-refractivity contribution in [3.05, 3.63) is 117 Å². The highest BCUT2D eigenvalue weighted by atomic mass is 35.5. The first kappa shape index (κ1) is 28.2. The van der Waals surface area contributed by atoms with Gasteiger partial charge < -0.3 is 19.7 Å². The molecule has 3 unspecified atom stereocenters. The van der Waals surface area contributed by atoms with Crippen LogP contribution in [0.25, 0.3) is 21.5 Å². The van der Waals surface area contributed by atoms with Gasteiger partial charge >= 0.3 is 0 Å². The van der Waals surface area contributed by atoms with E-state index < -0.39 is 6.10 Å². The lowest BCUT2D eigenvalue weighted by atomic mass is 9.83. The Morgan fingerprint density at radius 3 is 2.35 bits per heavy atom. The van der Waals surface area contributed by atoms with Crippen LogP contribution < -0.4 is 4.74 Å². The monoisotopic (exact) mass is 593 g/mol. The zero-order chi connectivity index (χ0) is 29.7. The molecule has 43 heavy (non-hydrogen) atoms. The van der Waals surface area contributed by atoms with E-state index >= 15 is 0 Å². The summed E-state index contributed by atoms with van der Waals surface area (Å²) in [6.07, 6.45) is 2.62. The number of phenols is 1. The van der Waals surface area contributed by atoms with Gasteiger partial charge in [0.25, 0.3) is 0 Å². The van der Waals surface area contributed by atoms with Crippen LogP contribution in [-0.4, -0.2) is 48.1 Å². The molecule has 0 bridgehead atoms. The molecule has 3 aliphatic rings. The molecule has 0 aromatic heterocycles. The van der Waals surface area contributed by atoms with E-state index in [0.717, 1.165) is 39.2 Å². The fourth-order valence-corrected chi connectivity index (χ4v) is 7.68. The van der Waals surface area contributed by atoms with Crippen molar-refractivity contribution in [3.63, 3.8) is 0 Å². The van der Waals surface area contributed by atoms with Crippen LogP contribution in [0.4, 0.5) is 0 Å². The third-order valence-electron chi connectivity index (χ3n) is 9.59. The molecule has 6 heteroatoms. The maximum absolute atomic E-state index is 10.3. The fourth-order valence-electron chi connectivity index (χ4n) is 7.38. The third-order valence-corrected chi connectivity index (χ3v) is 9.93. The highest BCUT2D eigenvalue weighted by Gasteiger charge is 2.32. The SMILES string of the molecule is COc1c(O)ccc2ccc3c4c(c(Cl)cc3c12)CC(O)C(OC)C4.c1ccc2c(c1)CC1c3ccccc3CCN1C2. The Labute approximate surface area is 257 Å². The predicted molar refractivity (Wildman–Crippen MR) is 172 cm³/mol. The van der Waals surface area contributed by atoms with Crippen LogP contribution in [0, 0.1) is 0 Å². The number of ether oxygens (including phenoxy) is 2. The number of rotatable bonds is 2. The van der Waals surface area contributed by atoms with Gasteiger partial charge in [-0.1, -0.05) is 78.3 Å². The molecule has 5 nitrogen and oxygen atoms in total. The van der Waals surface area contributed by atoms with Crippen LogP contribution in [0.2, 0.25) is 5.02 Å². The second kappa shape index (κ2) is 11.5. The molecular weight excluding hydrogens is 558 g/mol. The van der Waals surface area contributed by atoms with Crippen LogP contribution >= 0.6 is 11.6 Å². The quantitative estimate of drug-likeness (QED) is 0.212. The minimum Gasteiger partial charge on any atom is -0.504 e. The topological polar surface area (TPSA) is 62.2 Å². The summed E-state index contributed by atoms with van der Waals surface area (Å²) in [7, 11) is 3.16. The van der Waals surface area contributed by atoms with Gasteiger partial charge in [-0.25, -0.2) is 0 Å². The second-order valence-electron chi connectivity index (χ2n) is 11.8. The van der Waals surface area contributed by atoms with E-state index in [9.17, 15) is 10.2 Å². The number of fused-ring (bicyclic) bond motifs is 9. The van der Waals surface area contributed by atoms with E-state index in [1.54, 1.807) is 31.4 Å². The van der Waals surface area contributed by atoms with Crippen LogP contribution in [0.3, 0.4) is 0 Å². The van der Waals surface area contributed by atoms with Crippen LogP contribution in [-0.2, 0) is 37.0 Å². The summed E-state index contributed by atoms with van der Waals surface area (Å²) in [5.74, 6) is 0.541. The molecule has 5 aromatic carbocycles. The first-order valence-corrected chi connectivity index (χ1v) is 15.4. The van der Waals surface area contributed by atoms with Gasteiger partial charge in [0.15, 0.2) is 11.5 Å². The third kappa shape index (κ3) is 4.95. The van der Waals surface area contributed by atoms with E-state index in [0.29, 0.717) is 29.7 Å². The first-order chi connectivity index (χ1) is 21.0. The summed E-state index contributed by atoms with van der Waals surface area (Å²) < 4.78 is 10.9. The number of aliphatic hydroxyl groups is 1. The van der Waals surface area contributed by atoms with Crippen LogP contribution in [0.5, 0.6) is 11.5 Å². The molecule has 0 saturated carbocycles. The Hall–Kier alpha value is -3.61. The molecule has 220 valence electrons. The van der Waals surface area contributed by atoms with Gasteiger partial charge in [-0.15, -0.1) is 0 Å². The van der Waals surface area contributed by atoms with Gasteiger partial charge in [-0.3, -0.25) is 4.90 Å². The van der Waals surface area contributed by atoms with Crippen molar-refractivity contribution >= 4 is 33.1 Å². The molecule has 2 heterocycles. The maximum Gasteiger partial charge on any atom is 0.168 e. The number of phenolic OH excluding ortho intramolecular Hbond substituents is 1. The number of nitrogens with zero attached hydrogens (tertiary/aromatic N) is 1. The highest BCUT2D eigenvalue weighted by Crippen LogP contribution is 2.43. The fraction of sp³-hybridized carbons (Fsp3) is 0.297. The van der Waals surface area contributed by atoms with E-state index in [-0.39, 0.29) is 11.9 Å². The zero-order valence-electron chi connectivity index (χ0n) is 24.5. The Morgan fingerprint density at radius 1 is 0.814 bits per heavy atom. The molecule has 0 fully saturated rings. The molecule has 0 amide bonds. The van der Waals surface area contributed by atoms with Gasteiger partial charge in [-0.2, -0.15) is 0 Å². The molecule has 0 radical (unpaired) electrons. The van der Waals surface area contributed by atoms with Crippen LogP contribution in [0.1, 0.15) is 39.4 Å². The molecule has 2 N–H and O–H groups in total. The lowest BCUT2D eigenvalue weighted by molar-refractivity contribution is -0.0158. The Morgan fingerprint density at radius 2 is 1.56 bits per heavy atom. The standard InChI is InChI=1S/C20H19ClO4.C17H17N/c1-24-18-9-12-11-5-3-10-4-6-16(22)20(25-2)19(10)14(11)7-15(21)13(12)8-17(18)23;1-2-7-15-12-18-10-9-13-5-3-4-8-16(13)17(18)11-14(15)6-1/h3-7,17-18,22-23H,8-9H2,1-2H3;1-8,17H,9-12H2. The first-order valence-electron chi connectivity index (χ1n) is 15.0. The minimum absolute atomic E-state index is 0.0986. The van der Waals surface area contributed by atoms with Gasteiger partial charge in [-0.05, 0) is 74.5 Å². The average Bonchev–Trinajstić information content (AvgIpc) is 3.04. The molecular formula is C37H36ClNO4. The summed E-state index contributed by atoms with van der Waals surface area (Å²) in [6, 6.07) is 28.0. The largest absolute Gasteiger partial charge is 0.504 e. The van der Waals surface area contributed by atoms with Crippen molar-refractivity contribution < 1.29 is 19.7 Å². The van der Waals surface area contributed by atoms with Gasteiger partial charge in [0, 0.05) is 49.5 Å². The summed E-state index contributed by atoms with van der Waals surface area (Å²) in [5, 5.41) is 24.8. The van der Waals surface area contributed by atoms with E-state index in [4.69, 9.17) is 21.1 Å². The van der Waals surface area contributed by atoms with E-state index in [1.165, 1.54) is 30.5 Å². The molecule has 5 aromatic rings. The number of aromatic hydroxyl groups is 1. The molecule has 8 rings (SSSR count). The molecule has 1 aliphatic carbocycles. The zero-order valence-corrected chi connectivity index (χ0v) is 25.3. The number of hydrogen-bond donors (Lipinski definition) is 2. The highest BCUT2D eigenvalue weighted by molar-refractivity contribution is 6.33. The van der Waals surface area contributed by atoms with Crippen molar-refractivity contribution in [3.8, 4) is 11.5 Å². The van der Waals surface area contributed by atoms with E-state index in [1.807, 2.05) is 18.2 Å². The lowest BCUT2D eigenvalue weighted by Crippen LogP contribution is -2.39. The number of benzene rings is 5. The van der Waals surface area contributed by atoms with Crippen molar-refractivity contribution in [1.29, 1.82) is 0 Å². The predicted octanol–water partition coefficient (Wildman–Crippen LogP) is 7.18. The number of halogens is 1. The van der Waals surface area contributed by atoms with Crippen molar-refractivity contribution in [2.75, 3.05) is 20.8 Å². The summed E-state index contributed by atoms with van der Waals surface area (Å²) in [5.41, 5.74) is 8.22. The lowest BCUT2D eigenvalue weighted by Gasteiger charge is -2.41. The van der Waals surface area contributed by atoms with E-state index in [2.05, 4.69) is 59.5 Å². The number of methoxy groups -OCH3 is 2. The minimum atomic E-state index is -0.563. The van der Waals surface area contributed by atoms with Crippen molar-refractivity contribution in [2.45, 2.75) is 50.5 Å². The van der Waals surface area contributed by atoms with Crippen molar-refractivity contribution in [1.82, 2.24) is 4.90 Å². The van der Waals surface area contributed by atoms with Crippen molar-refractivity contribution in [2.24, 2.45) is 0 Å². The number of hydrogen-bond acceptors (Lipinski definition) is 5.